The van der Waals surface area contributed by atoms with E-state index in [1.807, 2.05) is 42.0 Å². The van der Waals surface area contributed by atoms with Crippen LogP contribution in [0, 0.1) is 0 Å². The molecule has 0 unspecified atom stereocenters. The third-order valence-corrected chi connectivity index (χ3v) is 4.12. The summed E-state index contributed by atoms with van der Waals surface area (Å²) in [5, 5.41) is 0. The maximum atomic E-state index is 12.1. The van der Waals surface area contributed by atoms with Crippen LogP contribution in [0.4, 0.5) is 5.69 Å². The van der Waals surface area contributed by atoms with Crippen molar-refractivity contribution in [1.29, 1.82) is 0 Å². The second-order valence-corrected chi connectivity index (χ2v) is 5.41. The fourth-order valence-electron chi connectivity index (χ4n) is 1.94. The fourth-order valence-corrected chi connectivity index (χ4v) is 2.86. The normalized spacial score (nSPS) is 20.6. The van der Waals surface area contributed by atoms with Gasteiger partial charge in [0.25, 0.3) is 0 Å². The maximum Gasteiger partial charge on any atom is 0.244 e. The van der Waals surface area contributed by atoms with Crippen LogP contribution in [-0.4, -0.2) is 19.0 Å². The SMILES string of the molecule is CN1C(=O)[C@@H](NI)CCc2ccc(Br)cc21. The van der Waals surface area contributed by atoms with Gasteiger partial charge < -0.3 is 4.90 Å². The Labute approximate surface area is 117 Å². The van der Waals surface area contributed by atoms with Crippen LogP contribution in [-0.2, 0) is 11.2 Å². The lowest BCUT2D eigenvalue weighted by atomic mass is 10.1. The molecule has 16 heavy (non-hydrogen) atoms. The number of fused-ring (bicyclic) bond motifs is 1. The molecule has 1 aromatic rings. The molecule has 3 nitrogen and oxygen atoms in total. The van der Waals surface area contributed by atoms with Crippen molar-refractivity contribution >= 4 is 50.4 Å². The van der Waals surface area contributed by atoms with Gasteiger partial charge in [0.15, 0.2) is 0 Å². The molecular weight excluding hydrogens is 383 g/mol. The Kier molecular flexibility index (Phi) is 3.86. The second-order valence-electron chi connectivity index (χ2n) is 3.87. The summed E-state index contributed by atoms with van der Waals surface area (Å²) in [7, 11) is 1.83. The monoisotopic (exact) mass is 394 g/mol. The van der Waals surface area contributed by atoms with Crippen molar-refractivity contribution in [3.63, 3.8) is 0 Å². The number of nitrogens with zero attached hydrogens (tertiary/aromatic N) is 1. The lowest BCUT2D eigenvalue weighted by Crippen LogP contribution is -2.40. The van der Waals surface area contributed by atoms with Crippen molar-refractivity contribution in [3.05, 3.63) is 28.2 Å². The fraction of sp³-hybridized carbons (Fsp3) is 0.364. The van der Waals surface area contributed by atoms with E-state index in [0.717, 1.165) is 23.0 Å². The number of aryl methyl sites for hydroxylation is 1. The number of likely N-dealkylation sites (N-methyl/N-ethyl adjacent to an activating group) is 1. The summed E-state index contributed by atoms with van der Waals surface area (Å²) in [6.07, 6.45) is 1.78. The zero-order valence-corrected chi connectivity index (χ0v) is 12.6. The molecule has 0 fully saturated rings. The van der Waals surface area contributed by atoms with Gasteiger partial charge in [-0.25, -0.2) is 3.53 Å². The number of rotatable bonds is 1. The third-order valence-electron chi connectivity index (χ3n) is 2.87. The van der Waals surface area contributed by atoms with E-state index < -0.39 is 0 Å². The topological polar surface area (TPSA) is 32.3 Å². The van der Waals surface area contributed by atoms with E-state index in [0.29, 0.717) is 0 Å². The smallest absolute Gasteiger partial charge is 0.244 e. The summed E-state index contributed by atoms with van der Waals surface area (Å²) in [5.41, 5.74) is 2.24. The van der Waals surface area contributed by atoms with Gasteiger partial charge in [0, 0.05) is 40.1 Å². The Hall–Kier alpha value is -0.140. The molecule has 1 aliphatic heterocycles. The van der Waals surface area contributed by atoms with E-state index in [2.05, 4.69) is 25.5 Å². The number of carbonyl (C=O) groups is 1. The van der Waals surface area contributed by atoms with Crippen LogP contribution >= 0.6 is 38.8 Å². The van der Waals surface area contributed by atoms with Crippen molar-refractivity contribution in [2.45, 2.75) is 18.9 Å². The van der Waals surface area contributed by atoms with Gasteiger partial charge in [0.05, 0.1) is 6.04 Å². The standard InChI is InChI=1S/C11H12BrIN2O/c1-15-10-6-8(12)4-2-7(10)3-5-9(14-13)11(15)16/h2,4,6,9,14H,3,5H2,1H3/t9-/m0/s1. The first kappa shape index (κ1) is 12.3. The molecule has 1 aliphatic rings. The summed E-state index contributed by atoms with van der Waals surface area (Å²) in [6, 6.07) is 6.02. The Morgan fingerprint density at radius 2 is 2.31 bits per heavy atom. The van der Waals surface area contributed by atoms with E-state index in [9.17, 15) is 4.79 Å². The minimum Gasteiger partial charge on any atom is -0.314 e. The molecule has 0 spiro atoms. The minimum absolute atomic E-state index is 0.0863. The van der Waals surface area contributed by atoms with Gasteiger partial charge in [-0.3, -0.25) is 4.79 Å². The number of nitrogens with one attached hydrogen (secondary N) is 1. The number of carbonyl (C=O) groups excluding carboxylic acids is 1. The molecule has 1 N–H and O–H groups in total. The van der Waals surface area contributed by atoms with Crippen LogP contribution in [0.2, 0.25) is 0 Å². The number of amides is 1. The van der Waals surface area contributed by atoms with Crippen LogP contribution in [0.3, 0.4) is 0 Å². The first-order valence-corrected chi connectivity index (χ1v) is 6.93. The molecule has 0 saturated carbocycles. The molecule has 0 bridgehead atoms. The Balaban J connectivity index is 2.42. The Bertz CT molecular complexity index is 424. The summed E-state index contributed by atoms with van der Waals surface area (Å²) < 4.78 is 4.05. The molecule has 5 heteroatoms. The molecule has 0 saturated heterocycles. The minimum atomic E-state index is -0.0863. The zero-order valence-electron chi connectivity index (χ0n) is 8.84. The van der Waals surface area contributed by atoms with Crippen molar-refractivity contribution in [2.75, 3.05) is 11.9 Å². The summed E-state index contributed by atoms with van der Waals surface area (Å²) in [6.45, 7) is 0. The molecule has 0 radical (unpaired) electrons. The van der Waals surface area contributed by atoms with E-state index in [-0.39, 0.29) is 11.9 Å². The van der Waals surface area contributed by atoms with Gasteiger partial charge in [-0.15, -0.1) is 0 Å². The van der Waals surface area contributed by atoms with Gasteiger partial charge in [-0.05, 0) is 30.5 Å². The molecule has 1 aromatic carbocycles. The molecule has 86 valence electrons. The van der Waals surface area contributed by atoms with E-state index in [4.69, 9.17) is 0 Å². The molecular formula is C11H12BrIN2O. The number of hydrogen-bond donors (Lipinski definition) is 1. The van der Waals surface area contributed by atoms with Crippen LogP contribution in [0.5, 0.6) is 0 Å². The average Bonchev–Trinajstić information content (AvgIpc) is 2.40. The number of hydrogen-bond acceptors (Lipinski definition) is 2. The van der Waals surface area contributed by atoms with Crippen LogP contribution in [0.1, 0.15) is 12.0 Å². The van der Waals surface area contributed by atoms with E-state index in [1.54, 1.807) is 4.90 Å². The van der Waals surface area contributed by atoms with Crippen LogP contribution < -0.4 is 8.43 Å². The third kappa shape index (κ3) is 2.26. The largest absolute Gasteiger partial charge is 0.314 e. The van der Waals surface area contributed by atoms with Crippen LogP contribution in [0.15, 0.2) is 22.7 Å². The molecule has 2 rings (SSSR count). The Morgan fingerprint density at radius 1 is 1.56 bits per heavy atom. The van der Waals surface area contributed by atoms with E-state index >= 15 is 0 Å². The van der Waals surface area contributed by atoms with Crippen molar-refractivity contribution < 1.29 is 4.79 Å². The quantitative estimate of drug-likeness (QED) is 0.586. The van der Waals surface area contributed by atoms with Gasteiger partial charge in [-0.1, -0.05) is 22.0 Å². The molecule has 1 amide bonds. The predicted molar refractivity (Wildman–Crippen MR) is 76.8 cm³/mol. The number of benzene rings is 1. The highest BCUT2D eigenvalue weighted by Crippen LogP contribution is 2.29. The summed E-state index contributed by atoms with van der Waals surface area (Å²) >= 11 is 5.49. The molecule has 1 atom stereocenters. The summed E-state index contributed by atoms with van der Waals surface area (Å²) in [4.78, 5) is 13.8. The Morgan fingerprint density at radius 3 is 3.00 bits per heavy atom. The zero-order chi connectivity index (χ0) is 11.7. The van der Waals surface area contributed by atoms with Crippen molar-refractivity contribution in [1.82, 2.24) is 3.53 Å². The van der Waals surface area contributed by atoms with Gasteiger partial charge in [0.2, 0.25) is 5.91 Å². The van der Waals surface area contributed by atoms with Crippen LogP contribution in [0.25, 0.3) is 0 Å². The van der Waals surface area contributed by atoms with Gasteiger partial charge in [0.1, 0.15) is 0 Å². The van der Waals surface area contributed by atoms with Crippen molar-refractivity contribution in [2.24, 2.45) is 0 Å². The highest BCUT2D eigenvalue weighted by molar-refractivity contribution is 14.1. The van der Waals surface area contributed by atoms with Crippen molar-refractivity contribution in [3.8, 4) is 0 Å². The first-order chi connectivity index (χ1) is 7.63. The highest BCUT2D eigenvalue weighted by Gasteiger charge is 2.27. The number of halogens is 2. The lowest BCUT2D eigenvalue weighted by molar-refractivity contribution is -0.119. The molecule has 0 aliphatic carbocycles. The predicted octanol–water partition coefficient (Wildman–Crippen LogP) is 2.67. The van der Waals surface area contributed by atoms with Gasteiger partial charge >= 0.3 is 0 Å². The molecule has 0 aromatic heterocycles. The maximum absolute atomic E-state index is 12.1. The van der Waals surface area contributed by atoms with E-state index in [1.165, 1.54) is 5.56 Å². The summed E-state index contributed by atoms with van der Waals surface area (Å²) in [5.74, 6) is 0.131. The lowest BCUT2D eigenvalue weighted by Gasteiger charge is -2.20. The molecule has 1 heterocycles. The van der Waals surface area contributed by atoms with Gasteiger partial charge in [-0.2, -0.15) is 0 Å². The average molecular weight is 395 g/mol. The highest BCUT2D eigenvalue weighted by atomic mass is 127. The second kappa shape index (κ2) is 5.01. The number of anilines is 1. The first-order valence-electron chi connectivity index (χ1n) is 5.05.